The molecule has 0 unspecified atom stereocenters. The van der Waals surface area contributed by atoms with Crippen LogP contribution < -0.4 is 0 Å². The Labute approximate surface area is 330 Å². The Balaban J connectivity index is 1.15. The fourth-order valence-corrected chi connectivity index (χ4v) is 10.5. The quantitative estimate of drug-likeness (QED) is 0.180. The lowest BCUT2D eigenvalue weighted by molar-refractivity contribution is 1.02. The van der Waals surface area contributed by atoms with Crippen molar-refractivity contribution in [1.82, 2.24) is 18.9 Å². The second-order valence-electron chi connectivity index (χ2n) is 14.9. The van der Waals surface area contributed by atoms with Gasteiger partial charge in [-0.25, -0.2) is 9.97 Å². The van der Waals surface area contributed by atoms with Crippen molar-refractivity contribution in [3.63, 3.8) is 0 Å². The van der Waals surface area contributed by atoms with Crippen LogP contribution in [0.4, 0.5) is 0 Å². The van der Waals surface area contributed by atoms with Gasteiger partial charge in [-0.3, -0.25) is 4.57 Å². The van der Waals surface area contributed by atoms with Crippen LogP contribution in [0.3, 0.4) is 0 Å². The third-order valence-electron chi connectivity index (χ3n) is 11.9. The van der Waals surface area contributed by atoms with Crippen LogP contribution in [0.15, 0.2) is 182 Å². The van der Waals surface area contributed by atoms with Crippen molar-refractivity contribution in [1.29, 1.82) is 0 Å². The van der Waals surface area contributed by atoms with Crippen molar-refractivity contribution in [2.75, 3.05) is 0 Å². The van der Waals surface area contributed by atoms with E-state index in [0.717, 1.165) is 37.9 Å². The highest BCUT2D eigenvalue weighted by atomic mass is 32.1. The van der Waals surface area contributed by atoms with Gasteiger partial charge in [0.2, 0.25) is 5.95 Å². The van der Waals surface area contributed by atoms with Crippen molar-refractivity contribution in [3.8, 4) is 39.5 Å². The molecule has 0 bridgehead atoms. The maximum Gasteiger partial charge on any atom is 0.235 e. The third-order valence-corrected chi connectivity index (χ3v) is 13.0. The largest absolute Gasteiger partial charge is 0.308 e. The first-order valence-electron chi connectivity index (χ1n) is 19.3. The molecule has 0 saturated heterocycles. The minimum Gasteiger partial charge on any atom is -0.308 e. The predicted octanol–water partition coefficient (Wildman–Crippen LogP) is 14.1. The van der Waals surface area contributed by atoms with E-state index in [2.05, 4.69) is 191 Å². The smallest absolute Gasteiger partial charge is 0.235 e. The van der Waals surface area contributed by atoms with E-state index in [1.165, 1.54) is 75.8 Å². The molecular weight excluding hydrogens is 713 g/mol. The van der Waals surface area contributed by atoms with Crippen LogP contribution in [-0.4, -0.2) is 18.9 Å². The molecule has 5 aromatic heterocycles. The number of aromatic nitrogens is 4. The lowest BCUT2D eigenvalue weighted by Crippen LogP contribution is -2.02. The first-order chi connectivity index (χ1) is 28.3. The number of nitrogens with zero attached hydrogens (tertiary/aromatic N) is 4. The van der Waals surface area contributed by atoms with Crippen LogP contribution in [-0.2, 0) is 0 Å². The summed E-state index contributed by atoms with van der Waals surface area (Å²) in [5, 5.41) is 8.54. The Kier molecular flexibility index (Phi) is 6.29. The Bertz CT molecular complexity index is 3730. The Morgan fingerprint density at radius 2 is 0.982 bits per heavy atom. The van der Waals surface area contributed by atoms with Gasteiger partial charge in [0, 0.05) is 48.0 Å². The van der Waals surface area contributed by atoms with E-state index in [1.807, 2.05) is 0 Å². The Hall–Kier alpha value is -7.34. The van der Waals surface area contributed by atoms with Gasteiger partial charge in [-0.2, -0.15) is 0 Å². The number of benzene rings is 8. The third kappa shape index (κ3) is 4.32. The van der Waals surface area contributed by atoms with E-state index in [-0.39, 0.29) is 0 Å². The molecule has 0 aliphatic carbocycles. The van der Waals surface area contributed by atoms with Gasteiger partial charge in [-0.1, -0.05) is 152 Å². The molecule has 0 fully saturated rings. The number of thiophene rings is 1. The van der Waals surface area contributed by atoms with Crippen LogP contribution in [0, 0.1) is 0 Å². The van der Waals surface area contributed by atoms with Gasteiger partial charge < -0.3 is 4.40 Å². The monoisotopic (exact) mass is 742 g/mol. The summed E-state index contributed by atoms with van der Waals surface area (Å²) in [5.41, 5.74) is 13.7. The number of rotatable bonds is 4. The number of para-hydroxylation sites is 2. The zero-order valence-corrected chi connectivity index (χ0v) is 31.3. The highest BCUT2D eigenvalue weighted by molar-refractivity contribution is 7.26. The molecule has 0 atom stereocenters. The van der Waals surface area contributed by atoms with E-state index in [0.29, 0.717) is 5.95 Å². The van der Waals surface area contributed by atoms with Crippen molar-refractivity contribution in [2.24, 2.45) is 0 Å². The SMILES string of the molecule is c1ccc(-c2ccc(-c3nc(-n4c5ccccc5c5c6c7ccccc7n7c8cc(-c9ccccc9)ccc8c(cc54)c67)nc4c3sc3ccccc34)cc2)cc1. The topological polar surface area (TPSA) is 35.1 Å². The molecule has 13 aromatic rings. The molecule has 0 saturated carbocycles. The van der Waals surface area contributed by atoms with Crippen LogP contribution in [0.2, 0.25) is 0 Å². The van der Waals surface area contributed by atoms with Crippen LogP contribution in [0.25, 0.3) is 120 Å². The van der Waals surface area contributed by atoms with Gasteiger partial charge in [-0.15, -0.1) is 11.3 Å². The summed E-state index contributed by atoms with van der Waals surface area (Å²) in [7, 11) is 0. The molecule has 0 spiro atoms. The fourth-order valence-electron chi connectivity index (χ4n) is 9.36. The molecule has 0 N–H and O–H groups in total. The average Bonchev–Trinajstić information content (AvgIpc) is 4.02. The molecule has 5 heteroatoms. The molecular formula is C52H30N4S. The van der Waals surface area contributed by atoms with E-state index in [9.17, 15) is 0 Å². The second-order valence-corrected chi connectivity index (χ2v) is 16.0. The molecule has 0 amide bonds. The van der Waals surface area contributed by atoms with E-state index < -0.39 is 0 Å². The van der Waals surface area contributed by atoms with E-state index >= 15 is 0 Å². The van der Waals surface area contributed by atoms with E-state index in [1.54, 1.807) is 11.3 Å². The predicted molar refractivity (Wildman–Crippen MR) is 240 cm³/mol. The summed E-state index contributed by atoms with van der Waals surface area (Å²) in [6.45, 7) is 0. The van der Waals surface area contributed by atoms with E-state index in [4.69, 9.17) is 9.97 Å². The van der Waals surface area contributed by atoms with Gasteiger partial charge in [0.1, 0.15) is 0 Å². The highest BCUT2D eigenvalue weighted by Crippen LogP contribution is 2.47. The first kappa shape index (κ1) is 30.9. The van der Waals surface area contributed by atoms with Crippen LogP contribution >= 0.6 is 11.3 Å². The first-order valence-corrected chi connectivity index (χ1v) is 20.2. The van der Waals surface area contributed by atoms with Gasteiger partial charge in [0.05, 0.1) is 43.5 Å². The summed E-state index contributed by atoms with van der Waals surface area (Å²) >= 11 is 1.77. The molecule has 13 rings (SSSR count). The minimum absolute atomic E-state index is 0.673. The molecule has 57 heavy (non-hydrogen) atoms. The molecule has 0 aliphatic heterocycles. The lowest BCUT2D eigenvalue weighted by Gasteiger charge is -2.11. The molecule has 264 valence electrons. The number of hydrogen-bond donors (Lipinski definition) is 0. The molecule has 0 radical (unpaired) electrons. The molecule has 0 aliphatic rings. The molecule has 4 nitrogen and oxygen atoms in total. The molecule has 5 heterocycles. The van der Waals surface area contributed by atoms with Gasteiger partial charge in [-0.05, 0) is 52.6 Å². The van der Waals surface area contributed by atoms with Crippen LogP contribution in [0.1, 0.15) is 0 Å². The summed E-state index contributed by atoms with van der Waals surface area (Å²) in [5.74, 6) is 0.673. The van der Waals surface area contributed by atoms with Gasteiger partial charge >= 0.3 is 0 Å². The van der Waals surface area contributed by atoms with Crippen molar-refractivity contribution < 1.29 is 0 Å². The standard InChI is InChI=1S/C52H30N4S/c1-3-13-31(14-4-1)33-23-25-34(26-24-33)48-51-49(39-19-9-12-22-45(39)57-51)54-52(53-48)56-42-21-11-7-17-37(42)46-44(56)30-40-36-28-27-35(32-15-5-2-6-16-32)29-43(36)55-41-20-10-8-18-38(41)47(46)50(40)55/h1-30H. The molecule has 8 aromatic carbocycles. The number of hydrogen-bond acceptors (Lipinski definition) is 3. The van der Waals surface area contributed by atoms with Gasteiger partial charge in [0.15, 0.2) is 0 Å². The summed E-state index contributed by atoms with van der Waals surface area (Å²) in [6.07, 6.45) is 0. The average molecular weight is 743 g/mol. The second kappa shape index (κ2) is 11.6. The summed E-state index contributed by atoms with van der Waals surface area (Å²) in [4.78, 5) is 11.1. The van der Waals surface area contributed by atoms with Gasteiger partial charge in [0.25, 0.3) is 0 Å². The van der Waals surface area contributed by atoms with Crippen LogP contribution in [0.5, 0.6) is 0 Å². The minimum atomic E-state index is 0.673. The van der Waals surface area contributed by atoms with Crippen molar-refractivity contribution >= 4 is 91.5 Å². The maximum atomic E-state index is 5.56. The maximum absolute atomic E-state index is 5.56. The van der Waals surface area contributed by atoms with Crippen molar-refractivity contribution in [2.45, 2.75) is 0 Å². The van der Waals surface area contributed by atoms with Crippen molar-refractivity contribution in [3.05, 3.63) is 182 Å². The fraction of sp³-hybridized carbons (Fsp3) is 0. The zero-order valence-electron chi connectivity index (χ0n) is 30.5. The Morgan fingerprint density at radius 3 is 1.75 bits per heavy atom. The lowest BCUT2D eigenvalue weighted by atomic mass is 10.0. The Morgan fingerprint density at radius 1 is 0.386 bits per heavy atom. The highest BCUT2D eigenvalue weighted by Gasteiger charge is 2.26. The summed E-state index contributed by atoms with van der Waals surface area (Å²) in [6, 6.07) is 65.7. The summed E-state index contributed by atoms with van der Waals surface area (Å²) < 4.78 is 7.11. The zero-order chi connectivity index (χ0) is 37.2. The number of fused-ring (bicyclic) bond motifs is 13. The normalized spacial score (nSPS) is 12.2.